The Morgan fingerprint density at radius 3 is 2.56 bits per heavy atom. The standard InChI is InChI=1S/C20H23N3O3S/c1-27(25,26)18-7-4-11-21-19(18)22-12-8-16(9-13-22)20(24)23-14-10-15-5-2-3-6-17(15)23/h2-7,11,16H,8-10,12-14H2,1H3. The molecule has 0 N–H and O–H groups in total. The van der Waals surface area contributed by atoms with E-state index in [1.807, 2.05) is 28.0 Å². The number of pyridine rings is 1. The third-order valence-electron chi connectivity index (χ3n) is 5.45. The number of anilines is 2. The molecule has 6 nitrogen and oxygen atoms in total. The first-order chi connectivity index (χ1) is 12.9. The van der Waals surface area contributed by atoms with Gasteiger partial charge in [0.15, 0.2) is 9.84 Å². The number of carbonyl (C=O) groups is 1. The van der Waals surface area contributed by atoms with Gasteiger partial charge in [-0.3, -0.25) is 4.79 Å². The first kappa shape index (κ1) is 18.0. The van der Waals surface area contributed by atoms with Crippen molar-refractivity contribution in [3.8, 4) is 0 Å². The number of sulfone groups is 1. The van der Waals surface area contributed by atoms with Gasteiger partial charge in [-0.15, -0.1) is 0 Å². The Morgan fingerprint density at radius 2 is 1.81 bits per heavy atom. The van der Waals surface area contributed by atoms with E-state index in [1.54, 1.807) is 18.3 Å². The maximum absolute atomic E-state index is 13.0. The van der Waals surface area contributed by atoms with Crippen molar-refractivity contribution >= 4 is 27.2 Å². The van der Waals surface area contributed by atoms with Crippen molar-refractivity contribution in [1.29, 1.82) is 0 Å². The van der Waals surface area contributed by atoms with Crippen LogP contribution in [0.5, 0.6) is 0 Å². The highest BCUT2D eigenvalue weighted by atomic mass is 32.2. The van der Waals surface area contributed by atoms with Gasteiger partial charge in [-0.25, -0.2) is 13.4 Å². The Kier molecular flexibility index (Phi) is 4.63. The molecule has 2 aliphatic heterocycles. The highest BCUT2D eigenvalue weighted by molar-refractivity contribution is 7.90. The summed E-state index contributed by atoms with van der Waals surface area (Å²) in [5, 5.41) is 0. The number of piperidine rings is 1. The number of fused-ring (bicyclic) bond motifs is 1. The van der Waals surface area contributed by atoms with Gasteiger partial charge in [-0.2, -0.15) is 0 Å². The number of hydrogen-bond acceptors (Lipinski definition) is 5. The molecule has 0 spiro atoms. The van der Waals surface area contributed by atoms with Crippen LogP contribution in [0, 0.1) is 5.92 Å². The average Bonchev–Trinajstić information content (AvgIpc) is 3.11. The van der Waals surface area contributed by atoms with Crippen molar-refractivity contribution < 1.29 is 13.2 Å². The highest BCUT2D eigenvalue weighted by Gasteiger charge is 2.33. The lowest BCUT2D eigenvalue weighted by Gasteiger charge is -2.34. The van der Waals surface area contributed by atoms with Gasteiger partial charge in [0.1, 0.15) is 10.7 Å². The van der Waals surface area contributed by atoms with E-state index in [2.05, 4.69) is 11.1 Å². The molecule has 1 saturated heterocycles. The molecule has 0 radical (unpaired) electrons. The zero-order valence-electron chi connectivity index (χ0n) is 15.3. The molecule has 2 aliphatic rings. The molecule has 0 aliphatic carbocycles. The minimum Gasteiger partial charge on any atom is -0.355 e. The summed E-state index contributed by atoms with van der Waals surface area (Å²) < 4.78 is 24.1. The number of aromatic nitrogens is 1. The van der Waals surface area contributed by atoms with Gasteiger partial charge in [0.05, 0.1) is 0 Å². The van der Waals surface area contributed by atoms with Crippen LogP contribution in [-0.4, -0.2) is 45.2 Å². The number of rotatable bonds is 3. The number of carbonyl (C=O) groups excluding carboxylic acids is 1. The van der Waals surface area contributed by atoms with E-state index >= 15 is 0 Å². The van der Waals surface area contributed by atoms with Crippen molar-refractivity contribution in [2.45, 2.75) is 24.2 Å². The fourth-order valence-corrected chi connectivity index (χ4v) is 4.87. The number of amides is 1. The van der Waals surface area contributed by atoms with E-state index in [1.165, 1.54) is 11.8 Å². The van der Waals surface area contributed by atoms with E-state index in [-0.39, 0.29) is 16.7 Å². The van der Waals surface area contributed by atoms with E-state index in [0.29, 0.717) is 31.7 Å². The third kappa shape index (κ3) is 3.43. The Balaban J connectivity index is 1.47. The van der Waals surface area contributed by atoms with Crippen molar-refractivity contribution in [3.05, 3.63) is 48.2 Å². The number of nitrogens with zero attached hydrogens (tertiary/aromatic N) is 3. The number of hydrogen-bond donors (Lipinski definition) is 0. The summed E-state index contributed by atoms with van der Waals surface area (Å²) in [4.78, 5) is 21.5. The zero-order chi connectivity index (χ0) is 19.0. The molecule has 4 rings (SSSR count). The average molecular weight is 385 g/mol. The first-order valence-electron chi connectivity index (χ1n) is 9.24. The fraction of sp³-hybridized carbons (Fsp3) is 0.400. The van der Waals surface area contributed by atoms with Crippen LogP contribution in [0.3, 0.4) is 0 Å². The van der Waals surface area contributed by atoms with Crippen LogP contribution < -0.4 is 9.80 Å². The van der Waals surface area contributed by atoms with Crippen LogP contribution in [0.15, 0.2) is 47.5 Å². The SMILES string of the molecule is CS(=O)(=O)c1cccnc1N1CCC(C(=O)N2CCc3ccccc32)CC1. The van der Waals surface area contributed by atoms with Crippen LogP contribution >= 0.6 is 0 Å². The maximum atomic E-state index is 13.0. The van der Waals surface area contributed by atoms with Gasteiger partial charge in [-0.05, 0) is 43.0 Å². The van der Waals surface area contributed by atoms with E-state index in [0.717, 1.165) is 18.7 Å². The van der Waals surface area contributed by atoms with E-state index in [9.17, 15) is 13.2 Å². The molecule has 1 fully saturated rings. The second-order valence-electron chi connectivity index (χ2n) is 7.23. The van der Waals surface area contributed by atoms with Crippen LogP contribution in [0.1, 0.15) is 18.4 Å². The lowest BCUT2D eigenvalue weighted by molar-refractivity contribution is -0.122. The molecule has 0 saturated carbocycles. The summed E-state index contributed by atoms with van der Waals surface area (Å²) in [5.74, 6) is 0.652. The lowest BCUT2D eigenvalue weighted by atomic mass is 9.95. The molecule has 27 heavy (non-hydrogen) atoms. The monoisotopic (exact) mass is 385 g/mol. The normalized spacial score (nSPS) is 17.8. The van der Waals surface area contributed by atoms with Gasteiger partial charge in [0.25, 0.3) is 0 Å². The quantitative estimate of drug-likeness (QED) is 0.811. The topological polar surface area (TPSA) is 70.6 Å². The molecule has 3 heterocycles. The molecule has 0 bridgehead atoms. The fourth-order valence-electron chi connectivity index (χ4n) is 4.03. The van der Waals surface area contributed by atoms with Crippen LogP contribution in [0.2, 0.25) is 0 Å². The molecule has 0 unspecified atom stereocenters. The molecular formula is C20H23N3O3S. The summed E-state index contributed by atoms with van der Waals surface area (Å²) in [6, 6.07) is 11.3. The summed E-state index contributed by atoms with van der Waals surface area (Å²) in [6.07, 6.45) is 5.14. The molecule has 142 valence electrons. The second-order valence-corrected chi connectivity index (χ2v) is 9.21. The van der Waals surface area contributed by atoms with Crippen LogP contribution in [0.4, 0.5) is 11.5 Å². The Bertz CT molecular complexity index is 966. The van der Waals surface area contributed by atoms with Crippen LogP contribution in [-0.2, 0) is 21.1 Å². The minimum absolute atomic E-state index is 0.0298. The Hall–Kier alpha value is -2.41. The number of benzene rings is 1. The summed E-state index contributed by atoms with van der Waals surface area (Å²) in [6.45, 7) is 2.01. The van der Waals surface area contributed by atoms with Crippen molar-refractivity contribution in [1.82, 2.24) is 4.98 Å². The summed E-state index contributed by atoms with van der Waals surface area (Å²) >= 11 is 0. The van der Waals surface area contributed by atoms with Crippen molar-refractivity contribution in [3.63, 3.8) is 0 Å². The molecule has 2 aromatic rings. The maximum Gasteiger partial charge on any atom is 0.230 e. The predicted octanol–water partition coefficient (Wildman–Crippen LogP) is 2.29. The minimum atomic E-state index is -3.34. The second kappa shape index (κ2) is 6.96. The van der Waals surface area contributed by atoms with Crippen LogP contribution in [0.25, 0.3) is 0 Å². The lowest BCUT2D eigenvalue weighted by Crippen LogP contribution is -2.42. The van der Waals surface area contributed by atoms with E-state index in [4.69, 9.17) is 0 Å². The van der Waals surface area contributed by atoms with E-state index < -0.39 is 9.84 Å². The van der Waals surface area contributed by atoms with Gasteiger partial charge in [0.2, 0.25) is 5.91 Å². The summed E-state index contributed by atoms with van der Waals surface area (Å²) in [7, 11) is -3.34. The predicted molar refractivity (Wildman–Crippen MR) is 105 cm³/mol. The zero-order valence-corrected chi connectivity index (χ0v) is 16.2. The molecule has 0 atom stereocenters. The molecule has 1 aromatic carbocycles. The molecule has 1 amide bonds. The smallest absolute Gasteiger partial charge is 0.230 e. The largest absolute Gasteiger partial charge is 0.355 e. The van der Waals surface area contributed by atoms with Crippen molar-refractivity contribution in [2.24, 2.45) is 5.92 Å². The van der Waals surface area contributed by atoms with Gasteiger partial charge in [-0.1, -0.05) is 18.2 Å². The molecule has 1 aromatic heterocycles. The summed E-state index contributed by atoms with van der Waals surface area (Å²) in [5.41, 5.74) is 2.27. The molecular weight excluding hydrogens is 362 g/mol. The third-order valence-corrected chi connectivity index (χ3v) is 6.56. The molecule has 7 heteroatoms. The first-order valence-corrected chi connectivity index (χ1v) is 11.1. The number of para-hydroxylation sites is 1. The van der Waals surface area contributed by atoms with Gasteiger partial charge >= 0.3 is 0 Å². The highest BCUT2D eigenvalue weighted by Crippen LogP contribution is 2.32. The van der Waals surface area contributed by atoms with Crippen molar-refractivity contribution in [2.75, 3.05) is 35.7 Å². The Morgan fingerprint density at radius 1 is 1.07 bits per heavy atom. The Labute approximate surface area is 159 Å². The van der Waals surface area contributed by atoms with Gasteiger partial charge in [0, 0.05) is 43.7 Å². The van der Waals surface area contributed by atoms with Gasteiger partial charge < -0.3 is 9.80 Å².